The summed E-state index contributed by atoms with van der Waals surface area (Å²) in [7, 11) is 0. The van der Waals surface area contributed by atoms with Gasteiger partial charge in [-0.15, -0.1) is 0 Å². The van der Waals surface area contributed by atoms with Gasteiger partial charge in [0.2, 0.25) is 0 Å². The number of aromatic nitrogens is 1. The Morgan fingerprint density at radius 3 is 2.68 bits per heavy atom. The lowest BCUT2D eigenvalue weighted by Gasteiger charge is -2.27. The zero-order valence-corrected chi connectivity index (χ0v) is 13.7. The van der Waals surface area contributed by atoms with Crippen molar-refractivity contribution in [3.63, 3.8) is 0 Å². The molecule has 6 heteroatoms. The molecule has 1 aromatic heterocycles. The van der Waals surface area contributed by atoms with Crippen molar-refractivity contribution in [2.45, 2.75) is 46.4 Å². The van der Waals surface area contributed by atoms with E-state index in [0.717, 1.165) is 5.69 Å². The van der Waals surface area contributed by atoms with Crippen LogP contribution in [0.2, 0.25) is 0 Å². The Morgan fingerprint density at radius 1 is 1.32 bits per heavy atom. The second-order valence-corrected chi connectivity index (χ2v) is 6.46. The fourth-order valence-electron chi connectivity index (χ4n) is 2.47. The van der Waals surface area contributed by atoms with E-state index in [1.807, 2.05) is 43.7 Å². The van der Waals surface area contributed by atoms with Gasteiger partial charge in [0.1, 0.15) is 5.60 Å². The quantitative estimate of drug-likeness (QED) is 0.787. The Kier molecular flexibility index (Phi) is 4.78. The number of carbonyl (C=O) groups excluding carboxylic acids is 2. The summed E-state index contributed by atoms with van der Waals surface area (Å²) in [4.78, 5) is 26.1. The molecule has 2 rings (SSSR count). The van der Waals surface area contributed by atoms with Crippen LogP contribution in [0.15, 0.2) is 18.3 Å². The molecular weight excluding hydrogens is 284 g/mol. The van der Waals surface area contributed by atoms with E-state index in [9.17, 15) is 9.59 Å². The number of fused-ring (bicyclic) bond motifs is 1. The second-order valence-electron chi connectivity index (χ2n) is 6.46. The summed E-state index contributed by atoms with van der Waals surface area (Å²) >= 11 is 0. The number of hydrogen-bond acceptors (Lipinski definition) is 4. The van der Waals surface area contributed by atoms with E-state index >= 15 is 0 Å². The van der Waals surface area contributed by atoms with Crippen LogP contribution in [0.5, 0.6) is 0 Å². The third-order valence-electron chi connectivity index (χ3n) is 3.41. The molecule has 0 aliphatic carbocycles. The van der Waals surface area contributed by atoms with Crippen molar-refractivity contribution in [2.75, 3.05) is 13.2 Å². The lowest BCUT2D eigenvalue weighted by atomic mass is 10.1. The topological polar surface area (TPSA) is 60.8 Å². The molecule has 0 unspecified atom stereocenters. The van der Waals surface area contributed by atoms with Crippen LogP contribution in [0.25, 0.3) is 0 Å². The Bertz CT molecular complexity index is 545. The van der Waals surface area contributed by atoms with E-state index in [2.05, 4.69) is 0 Å². The third-order valence-corrected chi connectivity index (χ3v) is 3.41. The van der Waals surface area contributed by atoms with Crippen LogP contribution in [0, 0.1) is 5.92 Å². The summed E-state index contributed by atoms with van der Waals surface area (Å²) in [6.07, 6.45) is 1.51. The number of carbonyl (C=O) groups is 2. The number of hydrogen-bond donors (Lipinski definition) is 0. The van der Waals surface area contributed by atoms with Gasteiger partial charge < -0.3 is 18.9 Å². The fourth-order valence-corrected chi connectivity index (χ4v) is 2.47. The van der Waals surface area contributed by atoms with Crippen LogP contribution < -0.4 is 0 Å². The van der Waals surface area contributed by atoms with Crippen molar-refractivity contribution in [3.8, 4) is 0 Å². The van der Waals surface area contributed by atoms with Gasteiger partial charge in [0.05, 0.1) is 19.1 Å². The standard InChI is InChI=1S/C16H24N2O4/c1-5-21-14(19)12-9-17-8-6-7-13(17)11-18(10-12)15(20)22-16(2,3)4/h6-8,12H,5,9-11H2,1-4H3/t12-/m1/s1. The van der Waals surface area contributed by atoms with Gasteiger partial charge in [0.25, 0.3) is 0 Å². The molecule has 0 spiro atoms. The molecular formula is C16H24N2O4. The molecule has 122 valence electrons. The molecule has 2 heterocycles. The van der Waals surface area contributed by atoms with Gasteiger partial charge in [-0.25, -0.2) is 4.79 Å². The molecule has 22 heavy (non-hydrogen) atoms. The summed E-state index contributed by atoms with van der Waals surface area (Å²) < 4.78 is 12.6. The molecule has 1 amide bonds. The minimum absolute atomic E-state index is 0.280. The molecule has 0 N–H and O–H groups in total. The summed E-state index contributed by atoms with van der Waals surface area (Å²) in [6, 6.07) is 3.86. The van der Waals surface area contributed by atoms with E-state index < -0.39 is 11.7 Å². The van der Waals surface area contributed by atoms with Crippen molar-refractivity contribution in [3.05, 3.63) is 24.0 Å². The van der Waals surface area contributed by atoms with Crippen LogP contribution in [-0.2, 0) is 27.4 Å². The van der Waals surface area contributed by atoms with Crippen molar-refractivity contribution in [1.82, 2.24) is 9.47 Å². The molecule has 0 radical (unpaired) electrons. The maximum absolute atomic E-state index is 12.4. The normalized spacial score (nSPS) is 18.4. The molecule has 1 atom stereocenters. The van der Waals surface area contributed by atoms with Gasteiger partial charge in [-0.1, -0.05) is 0 Å². The first-order valence-electron chi connectivity index (χ1n) is 7.58. The number of rotatable bonds is 2. The highest BCUT2D eigenvalue weighted by Gasteiger charge is 2.32. The van der Waals surface area contributed by atoms with Gasteiger partial charge in [-0.3, -0.25) is 4.79 Å². The largest absolute Gasteiger partial charge is 0.466 e. The summed E-state index contributed by atoms with van der Waals surface area (Å²) in [5.74, 6) is -0.668. The molecule has 0 bridgehead atoms. The van der Waals surface area contributed by atoms with Gasteiger partial charge >= 0.3 is 12.1 Å². The summed E-state index contributed by atoms with van der Waals surface area (Å²) in [5.41, 5.74) is 0.419. The summed E-state index contributed by atoms with van der Waals surface area (Å²) in [6.45, 7) is 8.84. The molecule has 1 aliphatic heterocycles. The van der Waals surface area contributed by atoms with Crippen molar-refractivity contribution in [1.29, 1.82) is 0 Å². The first-order chi connectivity index (χ1) is 10.3. The number of ether oxygens (including phenoxy) is 2. The van der Waals surface area contributed by atoms with E-state index in [4.69, 9.17) is 9.47 Å². The Morgan fingerprint density at radius 2 is 2.05 bits per heavy atom. The van der Waals surface area contributed by atoms with Crippen LogP contribution >= 0.6 is 0 Å². The fraction of sp³-hybridized carbons (Fsp3) is 0.625. The van der Waals surface area contributed by atoms with Crippen molar-refractivity contribution < 1.29 is 19.1 Å². The molecule has 1 aliphatic rings. The monoisotopic (exact) mass is 308 g/mol. The molecule has 0 fully saturated rings. The van der Waals surface area contributed by atoms with Gasteiger partial charge in [-0.2, -0.15) is 0 Å². The first kappa shape index (κ1) is 16.4. The maximum Gasteiger partial charge on any atom is 0.410 e. The molecule has 0 aromatic carbocycles. The zero-order chi connectivity index (χ0) is 16.3. The smallest absolute Gasteiger partial charge is 0.410 e. The van der Waals surface area contributed by atoms with Crippen molar-refractivity contribution in [2.24, 2.45) is 5.92 Å². The molecule has 0 saturated carbocycles. The van der Waals surface area contributed by atoms with Crippen LogP contribution in [-0.4, -0.2) is 40.3 Å². The Hall–Kier alpha value is -1.98. The maximum atomic E-state index is 12.4. The minimum Gasteiger partial charge on any atom is -0.466 e. The second kappa shape index (κ2) is 6.42. The number of nitrogens with zero attached hydrogens (tertiary/aromatic N) is 2. The van der Waals surface area contributed by atoms with E-state index in [0.29, 0.717) is 26.2 Å². The van der Waals surface area contributed by atoms with Gasteiger partial charge in [0.15, 0.2) is 0 Å². The van der Waals surface area contributed by atoms with E-state index in [1.165, 1.54) is 0 Å². The van der Waals surface area contributed by atoms with Gasteiger partial charge in [-0.05, 0) is 39.8 Å². The van der Waals surface area contributed by atoms with E-state index in [1.54, 1.807) is 11.8 Å². The Labute approximate surface area is 131 Å². The molecule has 6 nitrogen and oxygen atoms in total. The average molecular weight is 308 g/mol. The highest BCUT2D eigenvalue weighted by Crippen LogP contribution is 2.20. The van der Waals surface area contributed by atoms with Crippen molar-refractivity contribution >= 4 is 12.1 Å². The highest BCUT2D eigenvalue weighted by atomic mass is 16.6. The minimum atomic E-state index is -0.565. The average Bonchev–Trinajstić information content (AvgIpc) is 2.74. The number of esters is 1. The lowest BCUT2D eigenvalue weighted by Crippen LogP contribution is -2.40. The molecule has 0 saturated heterocycles. The summed E-state index contributed by atoms with van der Waals surface area (Å²) in [5, 5.41) is 0. The zero-order valence-electron chi connectivity index (χ0n) is 13.7. The van der Waals surface area contributed by atoms with E-state index in [-0.39, 0.29) is 11.9 Å². The first-order valence-corrected chi connectivity index (χ1v) is 7.58. The predicted octanol–water partition coefficient (Wildman–Crippen LogP) is 2.42. The predicted molar refractivity (Wildman–Crippen MR) is 81.2 cm³/mol. The number of amides is 1. The molecule has 1 aromatic rings. The van der Waals surface area contributed by atoms with Crippen LogP contribution in [0.4, 0.5) is 4.79 Å². The lowest BCUT2D eigenvalue weighted by molar-refractivity contribution is -0.148. The SMILES string of the molecule is CCOC(=O)[C@H]1CN(C(=O)OC(C)(C)C)Cc2cccn2C1. The van der Waals surface area contributed by atoms with Crippen LogP contribution in [0.1, 0.15) is 33.4 Å². The highest BCUT2D eigenvalue weighted by molar-refractivity contribution is 5.74. The Balaban J connectivity index is 2.20. The third kappa shape index (κ3) is 4.02. The van der Waals surface area contributed by atoms with Crippen LogP contribution in [0.3, 0.4) is 0 Å². The van der Waals surface area contributed by atoms with Gasteiger partial charge in [0, 0.05) is 25.0 Å².